The Morgan fingerprint density at radius 2 is 2.12 bits per heavy atom. The van der Waals surface area contributed by atoms with Gasteiger partial charge in [-0.25, -0.2) is 0 Å². The largest absolute Gasteiger partial charge is 0.857 e. The van der Waals surface area contributed by atoms with Gasteiger partial charge in [-0.3, -0.25) is 9.67 Å². The summed E-state index contributed by atoms with van der Waals surface area (Å²) in [7, 11) is 1.86. The number of aromatic nitrogens is 3. The molecule has 2 aliphatic heterocycles. The van der Waals surface area contributed by atoms with E-state index in [1.807, 2.05) is 26.1 Å². The predicted molar refractivity (Wildman–Crippen MR) is 93.9 cm³/mol. The molecule has 0 saturated carbocycles. The fourth-order valence-corrected chi connectivity index (χ4v) is 3.48. The highest BCUT2D eigenvalue weighted by molar-refractivity contribution is 5.59. The van der Waals surface area contributed by atoms with Crippen LogP contribution in [0.5, 0.6) is 5.88 Å². The summed E-state index contributed by atoms with van der Waals surface area (Å²) in [5, 5.41) is 16.7. The summed E-state index contributed by atoms with van der Waals surface area (Å²) in [6.07, 6.45) is 1.52. The van der Waals surface area contributed by atoms with Crippen LogP contribution in [0.1, 0.15) is 23.9 Å². The van der Waals surface area contributed by atoms with E-state index in [0.29, 0.717) is 37.6 Å². The number of morpholine rings is 1. The smallest absolute Gasteiger partial charge is 0.134 e. The number of nitrogens with zero attached hydrogens (tertiary/aromatic N) is 4. The zero-order valence-electron chi connectivity index (χ0n) is 15.2. The van der Waals surface area contributed by atoms with Gasteiger partial charge in [-0.1, -0.05) is 5.92 Å². The Morgan fingerprint density at radius 3 is 2.77 bits per heavy atom. The van der Waals surface area contributed by atoms with Gasteiger partial charge >= 0.3 is 0 Å². The Labute approximate surface area is 152 Å². The molecule has 26 heavy (non-hydrogen) atoms. The molecule has 136 valence electrons. The second kappa shape index (κ2) is 6.31. The SMILES string of the molecule is Cc1cc(C#Cc2cnc([O-])c(N3CCOC4(COC4)[C@@H]3C)c2)n(C)n1. The fraction of sp³-hybridized carbons (Fsp3) is 0.474. The molecule has 4 rings (SSSR count). The van der Waals surface area contributed by atoms with Crippen LogP contribution in [0.15, 0.2) is 18.3 Å². The maximum Gasteiger partial charge on any atom is 0.134 e. The van der Waals surface area contributed by atoms with Crippen LogP contribution >= 0.6 is 0 Å². The minimum absolute atomic E-state index is 0.0439. The van der Waals surface area contributed by atoms with Gasteiger partial charge in [0.05, 0.1) is 31.6 Å². The van der Waals surface area contributed by atoms with Gasteiger partial charge in [0.25, 0.3) is 0 Å². The minimum atomic E-state index is -0.321. The van der Waals surface area contributed by atoms with E-state index < -0.39 is 0 Å². The monoisotopic (exact) mass is 353 g/mol. The maximum absolute atomic E-state index is 12.4. The highest BCUT2D eigenvalue weighted by Crippen LogP contribution is 2.37. The summed E-state index contributed by atoms with van der Waals surface area (Å²) in [6.45, 7) is 6.33. The number of hydrogen-bond acceptors (Lipinski definition) is 6. The van der Waals surface area contributed by atoms with Crippen molar-refractivity contribution in [2.75, 3.05) is 31.3 Å². The van der Waals surface area contributed by atoms with E-state index in [1.54, 1.807) is 4.68 Å². The molecule has 7 heteroatoms. The molecular weight excluding hydrogens is 332 g/mol. The fourth-order valence-electron chi connectivity index (χ4n) is 3.48. The summed E-state index contributed by atoms with van der Waals surface area (Å²) in [5.41, 5.74) is 2.69. The molecule has 7 nitrogen and oxygen atoms in total. The molecule has 0 radical (unpaired) electrons. The molecule has 0 unspecified atom stereocenters. The van der Waals surface area contributed by atoms with Crippen molar-refractivity contribution >= 4 is 5.69 Å². The van der Waals surface area contributed by atoms with Crippen molar-refractivity contribution < 1.29 is 14.6 Å². The van der Waals surface area contributed by atoms with Crippen LogP contribution in [-0.2, 0) is 16.5 Å². The number of pyridine rings is 1. The molecule has 2 fully saturated rings. The van der Waals surface area contributed by atoms with Crippen molar-refractivity contribution in [3.63, 3.8) is 0 Å². The number of aryl methyl sites for hydroxylation is 2. The Morgan fingerprint density at radius 1 is 1.31 bits per heavy atom. The first-order valence-corrected chi connectivity index (χ1v) is 8.67. The first kappa shape index (κ1) is 16.9. The molecule has 2 aromatic rings. The van der Waals surface area contributed by atoms with Crippen LogP contribution in [0, 0.1) is 18.8 Å². The first-order chi connectivity index (χ1) is 12.5. The van der Waals surface area contributed by atoms with E-state index in [0.717, 1.165) is 11.4 Å². The molecule has 2 aromatic heterocycles. The molecule has 4 heterocycles. The van der Waals surface area contributed by atoms with Crippen molar-refractivity contribution in [2.24, 2.45) is 7.05 Å². The van der Waals surface area contributed by atoms with E-state index in [9.17, 15) is 5.11 Å². The van der Waals surface area contributed by atoms with Crippen molar-refractivity contribution in [1.82, 2.24) is 14.8 Å². The van der Waals surface area contributed by atoms with E-state index in [1.165, 1.54) is 6.20 Å². The lowest BCUT2D eigenvalue weighted by atomic mass is 9.90. The summed E-state index contributed by atoms with van der Waals surface area (Å²) in [5.74, 6) is 5.95. The lowest BCUT2D eigenvalue weighted by molar-refractivity contribution is -0.274. The van der Waals surface area contributed by atoms with E-state index >= 15 is 0 Å². The lowest BCUT2D eigenvalue weighted by Crippen LogP contribution is -2.68. The Bertz CT molecular complexity index is 892. The highest BCUT2D eigenvalue weighted by Gasteiger charge is 2.49. The quantitative estimate of drug-likeness (QED) is 0.699. The van der Waals surface area contributed by atoms with Crippen LogP contribution in [-0.4, -0.2) is 52.8 Å². The molecule has 0 amide bonds. The molecule has 0 aliphatic carbocycles. The standard InChI is InChI=1S/C19H22N4O3/c1-13-8-16(22(3)21-13)5-4-15-9-17(18(24)20-10-15)23-6-7-26-19(14(23)2)11-25-12-19/h8-10,14H,6-7,11-12H2,1-3H3,(H,20,24)/p-1/t14-/m0/s1. The number of rotatable bonds is 1. The van der Waals surface area contributed by atoms with Crippen LogP contribution in [0.25, 0.3) is 0 Å². The maximum atomic E-state index is 12.4. The van der Waals surface area contributed by atoms with Gasteiger partial charge in [-0.2, -0.15) is 5.10 Å². The van der Waals surface area contributed by atoms with E-state index in [-0.39, 0.29) is 17.5 Å². The van der Waals surface area contributed by atoms with Crippen LogP contribution in [0.3, 0.4) is 0 Å². The molecular formula is C19H21N4O3-. The molecule has 1 atom stereocenters. The average Bonchev–Trinajstić information content (AvgIpc) is 2.91. The van der Waals surface area contributed by atoms with Crippen LogP contribution in [0.2, 0.25) is 0 Å². The topological polar surface area (TPSA) is 75.5 Å². The van der Waals surface area contributed by atoms with Crippen LogP contribution in [0.4, 0.5) is 5.69 Å². The first-order valence-electron chi connectivity index (χ1n) is 8.67. The van der Waals surface area contributed by atoms with E-state index in [2.05, 4.69) is 33.7 Å². The second-order valence-electron chi connectivity index (χ2n) is 6.87. The number of ether oxygens (including phenoxy) is 2. The number of hydrogen-bond donors (Lipinski definition) is 0. The van der Waals surface area contributed by atoms with Gasteiger partial charge in [0.2, 0.25) is 0 Å². The molecule has 0 bridgehead atoms. The Balaban J connectivity index is 1.64. The molecule has 2 aliphatic rings. The molecule has 0 N–H and O–H groups in total. The molecule has 2 saturated heterocycles. The lowest BCUT2D eigenvalue weighted by Gasteiger charge is -2.53. The number of anilines is 1. The molecule has 0 aromatic carbocycles. The van der Waals surface area contributed by atoms with E-state index in [4.69, 9.17) is 9.47 Å². The summed E-state index contributed by atoms with van der Waals surface area (Å²) >= 11 is 0. The zero-order chi connectivity index (χ0) is 18.3. The Hall–Kier alpha value is -2.56. The third-order valence-corrected chi connectivity index (χ3v) is 5.12. The Kier molecular flexibility index (Phi) is 4.10. The third kappa shape index (κ3) is 2.81. The molecule has 1 spiro atoms. The summed E-state index contributed by atoms with van der Waals surface area (Å²) in [6, 6.07) is 3.79. The summed E-state index contributed by atoms with van der Waals surface area (Å²) < 4.78 is 13.0. The zero-order valence-corrected chi connectivity index (χ0v) is 15.2. The third-order valence-electron chi connectivity index (χ3n) is 5.12. The van der Waals surface area contributed by atoms with Gasteiger partial charge in [-0.05, 0) is 31.9 Å². The van der Waals surface area contributed by atoms with Gasteiger partial charge in [0, 0.05) is 36.9 Å². The second-order valence-corrected chi connectivity index (χ2v) is 6.87. The van der Waals surface area contributed by atoms with Crippen molar-refractivity contribution in [1.29, 1.82) is 0 Å². The average molecular weight is 353 g/mol. The normalized spacial score (nSPS) is 21.2. The summed E-state index contributed by atoms with van der Waals surface area (Å²) in [4.78, 5) is 6.10. The highest BCUT2D eigenvalue weighted by atomic mass is 16.6. The van der Waals surface area contributed by atoms with Crippen LogP contribution < -0.4 is 10.0 Å². The minimum Gasteiger partial charge on any atom is -0.857 e. The van der Waals surface area contributed by atoms with Gasteiger partial charge in [0.15, 0.2) is 0 Å². The van der Waals surface area contributed by atoms with Gasteiger partial charge in [0.1, 0.15) is 11.3 Å². The predicted octanol–water partition coefficient (Wildman–Crippen LogP) is 0.591. The van der Waals surface area contributed by atoms with Crippen molar-refractivity contribution in [3.05, 3.63) is 35.3 Å². The van der Waals surface area contributed by atoms with Gasteiger partial charge in [-0.15, -0.1) is 0 Å². The van der Waals surface area contributed by atoms with Crippen molar-refractivity contribution in [2.45, 2.75) is 25.5 Å². The van der Waals surface area contributed by atoms with Gasteiger partial charge < -0.3 is 19.5 Å². The van der Waals surface area contributed by atoms with Crippen molar-refractivity contribution in [3.8, 4) is 17.7 Å².